The number of nitrogens with zero attached hydrogens (tertiary/aromatic N) is 1. The lowest BCUT2D eigenvalue weighted by atomic mass is 9.70. The molecule has 7 aromatic carbocycles. The van der Waals surface area contributed by atoms with Crippen molar-refractivity contribution in [1.29, 1.82) is 0 Å². The lowest BCUT2D eigenvalue weighted by Crippen LogP contribution is -2.25. The Kier molecular flexibility index (Phi) is 7.09. The standard InChI is InChI=1S/C57H41N/c1-56(2)50-27-15-23-46(54-35-40(36-16-5-3-6-17-36)34-53(58-54)37-18-7-4-8-19-37)55(50)45-31-29-38(32-51(45)56)39-28-30-44-43-22-11-14-26-49(43)57(52(44)33-39)47-24-12-9-20-41(47)42-21-10-13-25-48(42)57/h3-14,16-22,24-35H,15,23H2,1-2H3. The molecular formula is C57H41N. The van der Waals surface area contributed by atoms with Crippen LogP contribution >= 0.6 is 0 Å². The van der Waals surface area contributed by atoms with E-state index >= 15 is 0 Å². The molecular weight excluding hydrogens is 699 g/mol. The zero-order valence-electron chi connectivity index (χ0n) is 32.8. The number of hydrogen-bond donors (Lipinski definition) is 0. The summed E-state index contributed by atoms with van der Waals surface area (Å²) < 4.78 is 0. The minimum atomic E-state index is -0.357. The van der Waals surface area contributed by atoms with Crippen LogP contribution in [0.15, 0.2) is 194 Å². The summed E-state index contributed by atoms with van der Waals surface area (Å²) in [5, 5.41) is 0. The smallest absolute Gasteiger partial charge is 0.0725 e. The van der Waals surface area contributed by atoms with Crippen molar-refractivity contribution >= 4 is 11.1 Å². The molecule has 0 unspecified atom stereocenters. The Labute approximate surface area is 340 Å². The Balaban J connectivity index is 1.03. The third kappa shape index (κ3) is 4.56. The van der Waals surface area contributed by atoms with Gasteiger partial charge in [0.2, 0.25) is 0 Å². The number of allylic oxidation sites excluding steroid dienone is 4. The summed E-state index contributed by atoms with van der Waals surface area (Å²) in [6, 6.07) is 67.7. The van der Waals surface area contributed by atoms with Gasteiger partial charge in [0.1, 0.15) is 0 Å². The maximum Gasteiger partial charge on any atom is 0.0725 e. The molecule has 0 atom stereocenters. The third-order valence-corrected chi connectivity index (χ3v) is 13.6. The molecule has 0 amide bonds. The largest absolute Gasteiger partial charge is 0.248 e. The number of aromatic nitrogens is 1. The molecule has 0 N–H and O–H groups in total. The van der Waals surface area contributed by atoms with Crippen LogP contribution in [0, 0.1) is 0 Å². The Bertz CT molecular complexity index is 2950. The molecule has 58 heavy (non-hydrogen) atoms. The highest BCUT2D eigenvalue weighted by molar-refractivity contribution is 6.05. The third-order valence-electron chi connectivity index (χ3n) is 13.6. The first kappa shape index (κ1) is 33.3. The van der Waals surface area contributed by atoms with Gasteiger partial charge in [-0.25, -0.2) is 4.98 Å². The predicted octanol–water partition coefficient (Wildman–Crippen LogP) is 14.3. The van der Waals surface area contributed by atoms with Gasteiger partial charge in [-0.05, 0) is 132 Å². The van der Waals surface area contributed by atoms with Gasteiger partial charge in [0.05, 0.1) is 16.8 Å². The van der Waals surface area contributed by atoms with Crippen molar-refractivity contribution in [3.8, 4) is 55.8 Å². The maximum absolute atomic E-state index is 5.43. The number of hydrogen-bond acceptors (Lipinski definition) is 1. The minimum Gasteiger partial charge on any atom is -0.248 e. The molecule has 1 aromatic heterocycles. The first-order chi connectivity index (χ1) is 28.5. The fourth-order valence-corrected chi connectivity index (χ4v) is 11.0. The van der Waals surface area contributed by atoms with Crippen LogP contribution in [0.25, 0.3) is 66.9 Å². The van der Waals surface area contributed by atoms with E-state index in [0.717, 1.165) is 29.8 Å². The molecule has 1 heterocycles. The lowest BCUT2D eigenvalue weighted by molar-refractivity contribution is 0.655. The summed E-state index contributed by atoms with van der Waals surface area (Å²) in [6.07, 6.45) is 4.47. The van der Waals surface area contributed by atoms with Crippen LogP contribution in [-0.4, -0.2) is 4.98 Å². The topological polar surface area (TPSA) is 12.9 Å². The van der Waals surface area contributed by atoms with Gasteiger partial charge in [-0.3, -0.25) is 0 Å². The second kappa shape index (κ2) is 12.3. The van der Waals surface area contributed by atoms with Crippen LogP contribution in [0.5, 0.6) is 0 Å². The Morgan fingerprint density at radius 1 is 0.397 bits per heavy atom. The van der Waals surface area contributed by atoms with Gasteiger partial charge in [-0.1, -0.05) is 178 Å². The normalized spacial score (nSPS) is 15.9. The van der Waals surface area contributed by atoms with E-state index in [2.05, 4.69) is 202 Å². The molecule has 4 aliphatic rings. The molecule has 0 saturated carbocycles. The molecule has 4 aliphatic carbocycles. The van der Waals surface area contributed by atoms with Crippen molar-refractivity contribution in [1.82, 2.24) is 4.98 Å². The summed E-state index contributed by atoms with van der Waals surface area (Å²) in [7, 11) is 0. The van der Waals surface area contributed by atoms with Crippen LogP contribution in [0.1, 0.15) is 65.8 Å². The average molecular weight is 740 g/mol. The fraction of sp³-hybridized carbons (Fsp3) is 0.105. The molecule has 0 saturated heterocycles. The van der Waals surface area contributed by atoms with E-state index in [-0.39, 0.29) is 10.8 Å². The van der Waals surface area contributed by atoms with Crippen molar-refractivity contribution in [2.45, 2.75) is 37.5 Å². The molecule has 1 nitrogen and oxygen atoms in total. The fourth-order valence-electron chi connectivity index (χ4n) is 11.0. The van der Waals surface area contributed by atoms with Crippen LogP contribution in [0.4, 0.5) is 0 Å². The molecule has 0 bridgehead atoms. The van der Waals surface area contributed by atoms with E-state index in [1.165, 1.54) is 94.6 Å². The quantitative estimate of drug-likeness (QED) is 0.175. The summed E-state index contributed by atoms with van der Waals surface area (Å²) in [5.41, 5.74) is 25.4. The zero-order valence-corrected chi connectivity index (χ0v) is 32.8. The second-order valence-corrected chi connectivity index (χ2v) is 16.9. The van der Waals surface area contributed by atoms with Crippen molar-refractivity contribution in [2.75, 3.05) is 0 Å². The highest BCUT2D eigenvalue weighted by Gasteiger charge is 2.51. The molecule has 12 rings (SSSR count). The van der Waals surface area contributed by atoms with Crippen LogP contribution in [0.3, 0.4) is 0 Å². The second-order valence-electron chi connectivity index (χ2n) is 16.9. The molecule has 8 aromatic rings. The Hall–Kier alpha value is -6.83. The van der Waals surface area contributed by atoms with Gasteiger partial charge >= 0.3 is 0 Å². The van der Waals surface area contributed by atoms with E-state index in [9.17, 15) is 0 Å². The minimum absolute atomic E-state index is 0.150. The summed E-state index contributed by atoms with van der Waals surface area (Å²) >= 11 is 0. The van der Waals surface area contributed by atoms with E-state index in [1.54, 1.807) is 0 Å². The molecule has 0 aliphatic heterocycles. The SMILES string of the molecule is CC1(C)C2=CCCC(c3cc(-c4ccccc4)cc(-c4ccccc4)n3)=C2c2ccc(-c3ccc4c(c3)C3(c5ccccc5-c5ccccc53)c3ccccc3-4)cc21. The number of fused-ring (bicyclic) bond motifs is 13. The van der Waals surface area contributed by atoms with Crippen molar-refractivity contribution in [3.05, 3.63) is 233 Å². The molecule has 1 spiro atoms. The summed E-state index contributed by atoms with van der Waals surface area (Å²) in [4.78, 5) is 5.43. The van der Waals surface area contributed by atoms with Gasteiger partial charge in [0.15, 0.2) is 0 Å². The number of benzene rings is 7. The van der Waals surface area contributed by atoms with Gasteiger partial charge < -0.3 is 0 Å². The van der Waals surface area contributed by atoms with E-state index in [0.29, 0.717) is 0 Å². The monoisotopic (exact) mass is 739 g/mol. The number of rotatable bonds is 4. The lowest BCUT2D eigenvalue weighted by Gasteiger charge is -2.30. The molecule has 0 fully saturated rings. The predicted molar refractivity (Wildman–Crippen MR) is 240 cm³/mol. The highest BCUT2D eigenvalue weighted by atomic mass is 14.7. The first-order valence-electron chi connectivity index (χ1n) is 20.7. The highest BCUT2D eigenvalue weighted by Crippen LogP contribution is 2.63. The van der Waals surface area contributed by atoms with Gasteiger partial charge in [-0.15, -0.1) is 0 Å². The first-order valence-corrected chi connectivity index (χ1v) is 20.7. The molecule has 1 heteroatoms. The molecule has 0 radical (unpaired) electrons. The van der Waals surface area contributed by atoms with E-state index in [4.69, 9.17) is 4.98 Å². The van der Waals surface area contributed by atoms with Crippen molar-refractivity contribution < 1.29 is 0 Å². The maximum atomic E-state index is 5.43. The van der Waals surface area contributed by atoms with Crippen molar-refractivity contribution in [2.24, 2.45) is 0 Å². The van der Waals surface area contributed by atoms with Gasteiger partial charge in [-0.2, -0.15) is 0 Å². The summed E-state index contributed by atoms with van der Waals surface area (Å²) in [6.45, 7) is 4.84. The van der Waals surface area contributed by atoms with Crippen LogP contribution in [0.2, 0.25) is 0 Å². The van der Waals surface area contributed by atoms with E-state index in [1.807, 2.05) is 0 Å². The van der Waals surface area contributed by atoms with Gasteiger partial charge in [0.25, 0.3) is 0 Å². The summed E-state index contributed by atoms with van der Waals surface area (Å²) in [5.74, 6) is 0. The Morgan fingerprint density at radius 3 is 1.52 bits per heavy atom. The van der Waals surface area contributed by atoms with Gasteiger partial charge in [0, 0.05) is 11.0 Å². The van der Waals surface area contributed by atoms with Crippen LogP contribution < -0.4 is 0 Å². The number of pyridine rings is 1. The van der Waals surface area contributed by atoms with Crippen LogP contribution in [-0.2, 0) is 10.8 Å². The van der Waals surface area contributed by atoms with E-state index < -0.39 is 0 Å². The molecule has 274 valence electrons. The Morgan fingerprint density at radius 2 is 0.897 bits per heavy atom. The van der Waals surface area contributed by atoms with Crippen molar-refractivity contribution in [3.63, 3.8) is 0 Å². The average Bonchev–Trinajstić information content (AvgIpc) is 3.85. The zero-order chi connectivity index (χ0) is 38.6.